The lowest BCUT2D eigenvalue weighted by Crippen LogP contribution is -2.16. The summed E-state index contributed by atoms with van der Waals surface area (Å²) < 4.78 is 5.67. The Morgan fingerprint density at radius 3 is 2.16 bits per heavy atom. The van der Waals surface area contributed by atoms with Crippen LogP contribution in [0.15, 0.2) is 54.6 Å². The average molecular weight is 356 g/mol. The van der Waals surface area contributed by atoms with E-state index in [-0.39, 0.29) is 0 Å². The highest BCUT2D eigenvalue weighted by atomic mass is 32.1. The summed E-state index contributed by atoms with van der Waals surface area (Å²) >= 11 is 5.25. The van der Waals surface area contributed by atoms with Gasteiger partial charge in [-0.3, -0.25) is 0 Å². The summed E-state index contributed by atoms with van der Waals surface area (Å²) in [6.45, 7) is 2.26. The van der Waals surface area contributed by atoms with Crippen molar-refractivity contribution in [2.24, 2.45) is 0 Å². The summed E-state index contributed by atoms with van der Waals surface area (Å²) in [7, 11) is 0. The minimum atomic E-state index is 0.367. The van der Waals surface area contributed by atoms with E-state index in [2.05, 4.69) is 24.4 Å². The summed E-state index contributed by atoms with van der Waals surface area (Å²) in [5, 5.41) is 3.44. The van der Waals surface area contributed by atoms with Gasteiger partial charge >= 0.3 is 0 Å². The molecule has 0 unspecified atom stereocenters. The molecule has 0 aliphatic carbocycles. The van der Waals surface area contributed by atoms with Gasteiger partial charge in [-0.15, -0.1) is 0 Å². The molecular weight excluding hydrogens is 326 g/mol. The third kappa shape index (κ3) is 8.17. The van der Waals surface area contributed by atoms with Crippen LogP contribution < -0.4 is 10.1 Å². The number of thiocarbonyl (C=S) groups is 1. The molecule has 25 heavy (non-hydrogen) atoms. The largest absolute Gasteiger partial charge is 0.432 e. The van der Waals surface area contributed by atoms with Crippen LogP contribution in [0.25, 0.3) is 0 Å². The van der Waals surface area contributed by atoms with Crippen molar-refractivity contribution in [3.63, 3.8) is 0 Å². The zero-order valence-electron chi connectivity index (χ0n) is 15.2. The molecule has 2 aromatic carbocycles. The fraction of sp³-hybridized carbons (Fsp3) is 0.409. The van der Waals surface area contributed by atoms with E-state index in [1.807, 2.05) is 42.5 Å². The first-order chi connectivity index (χ1) is 12.3. The van der Waals surface area contributed by atoms with Crippen molar-refractivity contribution >= 4 is 23.1 Å². The van der Waals surface area contributed by atoms with E-state index in [0.717, 1.165) is 17.9 Å². The maximum Gasteiger partial charge on any atom is 0.266 e. The van der Waals surface area contributed by atoms with E-state index >= 15 is 0 Å². The van der Waals surface area contributed by atoms with Crippen molar-refractivity contribution in [3.05, 3.63) is 60.2 Å². The predicted octanol–water partition coefficient (Wildman–Crippen LogP) is 6.76. The molecule has 0 aliphatic rings. The van der Waals surface area contributed by atoms with Gasteiger partial charge in [0.1, 0.15) is 5.75 Å². The molecule has 1 N–H and O–H groups in total. The number of unbranched alkanes of at least 4 members (excludes halogenated alkanes) is 6. The number of rotatable bonds is 10. The van der Waals surface area contributed by atoms with Gasteiger partial charge in [0.15, 0.2) is 0 Å². The van der Waals surface area contributed by atoms with Crippen molar-refractivity contribution in [3.8, 4) is 5.75 Å². The van der Waals surface area contributed by atoms with Gasteiger partial charge in [0.2, 0.25) is 0 Å². The van der Waals surface area contributed by atoms with Gasteiger partial charge in [-0.2, -0.15) is 0 Å². The second-order valence-electron chi connectivity index (χ2n) is 6.40. The molecule has 0 aromatic heterocycles. The maximum atomic E-state index is 5.67. The molecule has 0 radical (unpaired) electrons. The molecule has 0 saturated heterocycles. The van der Waals surface area contributed by atoms with Crippen LogP contribution in [0.2, 0.25) is 0 Å². The van der Waals surface area contributed by atoms with Crippen LogP contribution in [0.5, 0.6) is 5.75 Å². The molecule has 2 nitrogen and oxygen atoms in total. The summed E-state index contributed by atoms with van der Waals surface area (Å²) in [6, 6.07) is 18.1. The standard InChI is InChI=1S/C22H29NOS/c1-2-3-4-5-6-7-9-12-19-15-17-21(18-16-19)24-22(25)23-20-13-10-8-11-14-20/h8,10-11,13-18H,2-7,9,12H2,1H3,(H,23,25). The molecular formula is C22H29NOS. The Hall–Kier alpha value is -1.87. The number of aryl methyl sites for hydroxylation is 1. The normalized spacial score (nSPS) is 10.4. The molecule has 0 bridgehead atoms. The first-order valence-corrected chi connectivity index (χ1v) is 9.81. The van der Waals surface area contributed by atoms with Crippen LogP contribution in [0.1, 0.15) is 57.4 Å². The van der Waals surface area contributed by atoms with E-state index in [1.165, 1.54) is 50.5 Å². The summed E-state index contributed by atoms with van der Waals surface area (Å²) in [5.74, 6) is 0.775. The Morgan fingerprint density at radius 2 is 1.48 bits per heavy atom. The number of benzene rings is 2. The Labute approximate surface area is 157 Å². The van der Waals surface area contributed by atoms with Crippen molar-refractivity contribution in [1.29, 1.82) is 0 Å². The highest BCUT2D eigenvalue weighted by Gasteiger charge is 2.01. The number of hydrogen-bond donors (Lipinski definition) is 1. The fourth-order valence-electron chi connectivity index (χ4n) is 2.78. The molecule has 0 aliphatic heterocycles. The maximum absolute atomic E-state index is 5.67. The average Bonchev–Trinajstić information content (AvgIpc) is 2.63. The van der Waals surface area contributed by atoms with E-state index in [9.17, 15) is 0 Å². The van der Waals surface area contributed by atoms with E-state index in [1.54, 1.807) is 0 Å². The minimum Gasteiger partial charge on any atom is -0.432 e. The fourth-order valence-corrected chi connectivity index (χ4v) is 3.00. The lowest BCUT2D eigenvalue weighted by molar-refractivity contribution is 0.562. The first kappa shape index (κ1) is 19.5. The van der Waals surface area contributed by atoms with Crippen molar-refractivity contribution < 1.29 is 4.74 Å². The van der Waals surface area contributed by atoms with Gasteiger partial charge in [0.05, 0.1) is 0 Å². The molecule has 0 spiro atoms. The third-order valence-corrected chi connectivity index (χ3v) is 4.41. The van der Waals surface area contributed by atoms with Gasteiger partial charge in [0, 0.05) is 5.69 Å². The van der Waals surface area contributed by atoms with E-state index < -0.39 is 0 Å². The highest BCUT2D eigenvalue weighted by molar-refractivity contribution is 7.80. The number of hydrogen-bond acceptors (Lipinski definition) is 2. The molecule has 0 amide bonds. The third-order valence-electron chi connectivity index (χ3n) is 4.22. The van der Waals surface area contributed by atoms with Gasteiger partial charge in [-0.25, -0.2) is 0 Å². The Kier molecular flexibility index (Phi) is 9.06. The van der Waals surface area contributed by atoms with Gasteiger partial charge in [-0.05, 0) is 54.9 Å². The smallest absolute Gasteiger partial charge is 0.266 e. The quantitative estimate of drug-likeness (QED) is 0.376. The second-order valence-corrected chi connectivity index (χ2v) is 6.77. The van der Waals surface area contributed by atoms with Crippen LogP contribution in [-0.2, 0) is 6.42 Å². The number of anilines is 1. The Balaban J connectivity index is 1.66. The van der Waals surface area contributed by atoms with Crippen molar-refractivity contribution in [1.82, 2.24) is 0 Å². The SMILES string of the molecule is CCCCCCCCCc1ccc(OC(=S)Nc2ccccc2)cc1. The van der Waals surface area contributed by atoms with E-state index in [4.69, 9.17) is 17.0 Å². The molecule has 0 fully saturated rings. The molecule has 134 valence electrons. The first-order valence-electron chi connectivity index (χ1n) is 9.41. The van der Waals surface area contributed by atoms with Crippen LogP contribution in [0, 0.1) is 0 Å². The topological polar surface area (TPSA) is 21.3 Å². The predicted molar refractivity (Wildman–Crippen MR) is 111 cm³/mol. The van der Waals surface area contributed by atoms with Crippen LogP contribution >= 0.6 is 12.2 Å². The number of ether oxygens (including phenoxy) is 1. The summed E-state index contributed by atoms with van der Waals surface area (Å²) in [6.07, 6.45) is 10.6. The van der Waals surface area contributed by atoms with Crippen LogP contribution in [-0.4, -0.2) is 5.17 Å². The van der Waals surface area contributed by atoms with Crippen LogP contribution in [0.4, 0.5) is 5.69 Å². The van der Waals surface area contributed by atoms with Gasteiger partial charge < -0.3 is 10.1 Å². The molecule has 3 heteroatoms. The lowest BCUT2D eigenvalue weighted by atomic mass is 10.0. The Morgan fingerprint density at radius 1 is 0.840 bits per heavy atom. The Bertz CT molecular complexity index is 610. The number of nitrogens with one attached hydrogen (secondary N) is 1. The zero-order valence-corrected chi connectivity index (χ0v) is 16.0. The summed E-state index contributed by atoms with van der Waals surface area (Å²) in [4.78, 5) is 0. The second kappa shape index (κ2) is 11.6. The minimum absolute atomic E-state index is 0.367. The molecule has 0 saturated carbocycles. The zero-order chi connectivity index (χ0) is 17.7. The monoisotopic (exact) mass is 355 g/mol. The molecule has 0 heterocycles. The highest BCUT2D eigenvalue weighted by Crippen LogP contribution is 2.16. The summed E-state index contributed by atoms with van der Waals surface area (Å²) in [5.41, 5.74) is 2.30. The van der Waals surface area contributed by atoms with Gasteiger partial charge in [-0.1, -0.05) is 75.8 Å². The molecule has 0 atom stereocenters. The molecule has 2 aromatic rings. The molecule has 2 rings (SSSR count). The number of para-hydroxylation sites is 1. The van der Waals surface area contributed by atoms with Gasteiger partial charge in [0.25, 0.3) is 5.17 Å². The van der Waals surface area contributed by atoms with Crippen molar-refractivity contribution in [2.75, 3.05) is 5.32 Å². The van der Waals surface area contributed by atoms with Crippen molar-refractivity contribution in [2.45, 2.75) is 58.3 Å². The lowest BCUT2D eigenvalue weighted by Gasteiger charge is -2.10. The van der Waals surface area contributed by atoms with Crippen LogP contribution in [0.3, 0.4) is 0 Å². The van der Waals surface area contributed by atoms with E-state index in [0.29, 0.717) is 5.17 Å².